The molecular formula is C33H28N2O3. The highest BCUT2D eigenvalue weighted by Crippen LogP contribution is 2.47. The third-order valence-electron chi connectivity index (χ3n) is 7.79. The van der Waals surface area contributed by atoms with E-state index >= 15 is 4.79 Å². The summed E-state index contributed by atoms with van der Waals surface area (Å²) in [7, 11) is 3.28. The van der Waals surface area contributed by atoms with Crippen LogP contribution < -0.4 is 0 Å². The highest BCUT2D eigenvalue weighted by molar-refractivity contribution is 6.07. The third-order valence-corrected chi connectivity index (χ3v) is 7.79. The largest absolute Gasteiger partial charge is 0.497 e. The van der Waals surface area contributed by atoms with Gasteiger partial charge in [-0.05, 0) is 60.1 Å². The van der Waals surface area contributed by atoms with Gasteiger partial charge < -0.3 is 9.47 Å². The number of hydrogen-bond acceptors (Lipinski definition) is 5. The Hall–Kier alpha value is -4.51. The van der Waals surface area contributed by atoms with E-state index in [-0.39, 0.29) is 5.78 Å². The minimum Gasteiger partial charge on any atom is -0.497 e. The first kappa shape index (κ1) is 23.9. The van der Waals surface area contributed by atoms with Gasteiger partial charge in [0.15, 0.2) is 5.78 Å². The van der Waals surface area contributed by atoms with Crippen molar-refractivity contribution in [3.8, 4) is 0 Å². The van der Waals surface area contributed by atoms with Crippen molar-refractivity contribution in [1.82, 2.24) is 9.97 Å². The average Bonchev–Trinajstić information content (AvgIpc) is 3.00. The molecule has 5 nitrogen and oxygen atoms in total. The number of nitrogens with zero attached hydrogens (tertiary/aromatic N) is 2. The molecule has 0 radical (unpaired) electrons. The summed E-state index contributed by atoms with van der Waals surface area (Å²) in [4.78, 5) is 25.1. The van der Waals surface area contributed by atoms with Crippen LogP contribution in [-0.4, -0.2) is 30.0 Å². The van der Waals surface area contributed by atoms with Crippen molar-refractivity contribution in [2.24, 2.45) is 0 Å². The molecule has 5 heteroatoms. The second-order valence-corrected chi connectivity index (χ2v) is 9.73. The number of carbonyl (C=O) groups is 1. The maximum absolute atomic E-state index is 15.4. The van der Waals surface area contributed by atoms with E-state index in [1.54, 1.807) is 26.6 Å². The Morgan fingerprint density at radius 3 is 1.53 bits per heavy atom. The average molecular weight is 501 g/mol. The van der Waals surface area contributed by atoms with Crippen LogP contribution in [-0.2, 0) is 25.1 Å². The van der Waals surface area contributed by atoms with Gasteiger partial charge >= 0.3 is 0 Å². The molecular weight excluding hydrogens is 472 g/mol. The van der Waals surface area contributed by atoms with Crippen LogP contribution in [0.25, 0.3) is 21.5 Å². The molecule has 2 aromatic carbocycles. The van der Waals surface area contributed by atoms with E-state index in [9.17, 15) is 0 Å². The molecule has 2 heterocycles. The molecule has 0 spiro atoms. The van der Waals surface area contributed by atoms with Gasteiger partial charge in [-0.2, -0.15) is 0 Å². The van der Waals surface area contributed by atoms with Crippen LogP contribution in [0, 0.1) is 0 Å². The van der Waals surface area contributed by atoms with Crippen LogP contribution in [0.3, 0.4) is 0 Å². The van der Waals surface area contributed by atoms with Crippen LogP contribution in [0.5, 0.6) is 0 Å². The van der Waals surface area contributed by atoms with Crippen LogP contribution in [0.4, 0.5) is 0 Å². The third kappa shape index (κ3) is 3.66. The van der Waals surface area contributed by atoms with E-state index in [0.29, 0.717) is 12.8 Å². The molecule has 38 heavy (non-hydrogen) atoms. The van der Waals surface area contributed by atoms with Gasteiger partial charge in [0.2, 0.25) is 0 Å². The molecule has 0 aliphatic heterocycles. The van der Waals surface area contributed by atoms with Crippen LogP contribution in [0.15, 0.2) is 121 Å². The molecule has 4 aromatic rings. The summed E-state index contributed by atoms with van der Waals surface area (Å²) < 4.78 is 11.0. The van der Waals surface area contributed by atoms with E-state index in [1.165, 1.54) is 0 Å². The standard InChI is InChI=1S/C33H28N2O3/c1-37-25-11-17-32(18-12-25,29-27-9-5-3-7-23(27)15-21-34-29)31(36)33(19-13-26(38-2)14-20-33)30-28-10-6-4-8-24(28)16-22-35-30/h3-17,19,21-22H,18,20H2,1-2H3. The molecule has 0 fully saturated rings. The first-order chi connectivity index (χ1) is 18.6. The molecule has 2 unspecified atom stereocenters. The molecule has 2 aliphatic rings. The molecule has 0 N–H and O–H groups in total. The zero-order valence-electron chi connectivity index (χ0n) is 21.4. The smallest absolute Gasteiger partial charge is 0.165 e. The Balaban J connectivity index is 1.63. The maximum atomic E-state index is 15.4. The Morgan fingerprint density at radius 1 is 0.684 bits per heavy atom. The lowest BCUT2D eigenvalue weighted by Crippen LogP contribution is -2.49. The highest BCUT2D eigenvalue weighted by Gasteiger charge is 2.52. The molecule has 188 valence electrons. The number of ketones is 1. The first-order valence-corrected chi connectivity index (χ1v) is 12.7. The van der Waals surface area contributed by atoms with Crippen molar-refractivity contribution in [3.63, 3.8) is 0 Å². The number of methoxy groups -OCH3 is 2. The van der Waals surface area contributed by atoms with Gasteiger partial charge in [0.25, 0.3) is 0 Å². The minimum absolute atomic E-state index is 0.0167. The minimum atomic E-state index is -1.04. The fraction of sp³-hybridized carbons (Fsp3) is 0.182. The zero-order chi connectivity index (χ0) is 26.2. The summed E-state index contributed by atoms with van der Waals surface area (Å²) in [6, 6.07) is 20.1. The summed E-state index contributed by atoms with van der Waals surface area (Å²) in [5.41, 5.74) is -0.607. The number of fused-ring (bicyclic) bond motifs is 2. The Kier molecular flexibility index (Phi) is 5.91. The van der Waals surface area contributed by atoms with Crippen LogP contribution >= 0.6 is 0 Å². The van der Waals surface area contributed by atoms with Gasteiger partial charge in [-0.3, -0.25) is 14.8 Å². The summed E-state index contributed by atoms with van der Waals surface area (Å²) in [6.45, 7) is 0. The summed E-state index contributed by atoms with van der Waals surface area (Å²) in [5.74, 6) is 1.47. The fourth-order valence-corrected chi connectivity index (χ4v) is 5.80. The maximum Gasteiger partial charge on any atom is 0.165 e. The lowest BCUT2D eigenvalue weighted by molar-refractivity contribution is -0.127. The summed E-state index contributed by atoms with van der Waals surface area (Å²) >= 11 is 0. The van der Waals surface area contributed by atoms with Gasteiger partial charge in [0, 0.05) is 23.2 Å². The topological polar surface area (TPSA) is 61.3 Å². The Labute approximate surface area is 221 Å². The number of carbonyl (C=O) groups excluding carboxylic acids is 1. The summed E-state index contributed by atoms with van der Waals surface area (Å²) in [5, 5.41) is 3.99. The number of aromatic nitrogens is 2. The van der Waals surface area contributed by atoms with Gasteiger partial charge in [0.1, 0.15) is 11.5 Å². The molecule has 2 atom stereocenters. The lowest BCUT2D eigenvalue weighted by Gasteiger charge is -2.40. The fourth-order valence-electron chi connectivity index (χ4n) is 5.80. The molecule has 0 amide bonds. The van der Waals surface area contributed by atoms with Gasteiger partial charge in [-0.15, -0.1) is 0 Å². The second kappa shape index (κ2) is 9.42. The van der Waals surface area contributed by atoms with E-state index in [0.717, 1.165) is 44.5 Å². The molecule has 0 bridgehead atoms. The number of hydrogen-bond donors (Lipinski definition) is 0. The van der Waals surface area contributed by atoms with E-state index in [4.69, 9.17) is 19.4 Å². The normalized spacial score (nSPS) is 22.7. The van der Waals surface area contributed by atoms with Crippen molar-refractivity contribution in [2.45, 2.75) is 23.7 Å². The van der Waals surface area contributed by atoms with Crippen molar-refractivity contribution >= 4 is 27.3 Å². The van der Waals surface area contributed by atoms with E-state index in [1.807, 2.05) is 85.0 Å². The van der Waals surface area contributed by atoms with E-state index < -0.39 is 10.8 Å². The Morgan fingerprint density at radius 2 is 1.13 bits per heavy atom. The Bertz CT molecular complexity index is 1550. The number of pyridine rings is 2. The quantitative estimate of drug-likeness (QED) is 0.302. The van der Waals surface area contributed by atoms with Crippen molar-refractivity contribution in [2.75, 3.05) is 14.2 Å². The molecule has 2 aromatic heterocycles. The number of benzene rings is 2. The molecule has 0 saturated carbocycles. The van der Waals surface area contributed by atoms with Crippen molar-refractivity contribution < 1.29 is 14.3 Å². The number of allylic oxidation sites excluding steroid dienone is 6. The first-order valence-electron chi connectivity index (χ1n) is 12.7. The van der Waals surface area contributed by atoms with Crippen molar-refractivity contribution in [3.05, 3.63) is 132 Å². The predicted octanol–water partition coefficient (Wildman–Crippen LogP) is 6.51. The lowest BCUT2D eigenvalue weighted by atomic mass is 9.60. The number of ether oxygens (including phenoxy) is 2. The van der Waals surface area contributed by atoms with E-state index in [2.05, 4.69) is 12.1 Å². The van der Waals surface area contributed by atoms with Gasteiger partial charge in [0.05, 0.1) is 36.4 Å². The van der Waals surface area contributed by atoms with Crippen LogP contribution in [0.1, 0.15) is 24.2 Å². The molecule has 6 rings (SSSR count). The highest BCUT2D eigenvalue weighted by atomic mass is 16.5. The summed E-state index contributed by atoms with van der Waals surface area (Å²) in [6.07, 6.45) is 16.1. The molecule has 2 aliphatic carbocycles. The SMILES string of the molecule is COC1=CCC(C(=O)C2(c3nccc4ccccc34)C=CC(OC)=CC2)(c2nccc3ccccc23)C=C1. The molecule has 0 saturated heterocycles. The number of Topliss-reactive ketones (excluding diaryl/α,β-unsaturated/α-hetero) is 1. The van der Waals surface area contributed by atoms with Crippen LogP contribution in [0.2, 0.25) is 0 Å². The van der Waals surface area contributed by atoms with Gasteiger partial charge in [-0.25, -0.2) is 0 Å². The van der Waals surface area contributed by atoms with Crippen molar-refractivity contribution in [1.29, 1.82) is 0 Å². The monoisotopic (exact) mass is 500 g/mol. The predicted molar refractivity (Wildman–Crippen MR) is 150 cm³/mol. The van der Waals surface area contributed by atoms with Gasteiger partial charge in [-0.1, -0.05) is 60.7 Å². The number of rotatable bonds is 6. The zero-order valence-corrected chi connectivity index (χ0v) is 21.4. The second-order valence-electron chi connectivity index (χ2n) is 9.73.